The molecule has 112 valence electrons. The summed E-state index contributed by atoms with van der Waals surface area (Å²) < 4.78 is 5.09. The van der Waals surface area contributed by atoms with Gasteiger partial charge in [0, 0.05) is 0 Å². The normalized spacial score (nSPS) is 14.7. The fraction of sp³-hybridized carbons (Fsp3) is 0.588. The van der Waals surface area contributed by atoms with E-state index in [1.165, 1.54) is 5.56 Å². The number of rotatable bonds is 7. The summed E-state index contributed by atoms with van der Waals surface area (Å²) in [7, 11) is 0. The first-order valence-corrected chi connectivity index (χ1v) is 7.19. The van der Waals surface area contributed by atoms with Crippen LogP contribution in [0.5, 0.6) is 0 Å². The van der Waals surface area contributed by atoms with Crippen molar-refractivity contribution in [2.75, 3.05) is 13.2 Å². The molecule has 3 nitrogen and oxygen atoms in total. The van der Waals surface area contributed by atoms with E-state index in [1.54, 1.807) is 0 Å². The topological polar surface area (TPSA) is 46.5 Å². The van der Waals surface area contributed by atoms with Gasteiger partial charge in [0.05, 0.1) is 12.0 Å². The van der Waals surface area contributed by atoms with Crippen molar-refractivity contribution in [2.24, 2.45) is 5.41 Å². The summed E-state index contributed by atoms with van der Waals surface area (Å²) in [4.78, 5) is 12.1. The average molecular weight is 278 g/mol. The highest BCUT2D eigenvalue weighted by Crippen LogP contribution is 2.39. The van der Waals surface area contributed by atoms with E-state index in [4.69, 9.17) is 9.84 Å². The van der Waals surface area contributed by atoms with E-state index in [9.17, 15) is 4.79 Å². The third-order valence-electron chi connectivity index (χ3n) is 3.96. The summed E-state index contributed by atoms with van der Waals surface area (Å²) in [6, 6.07) is 10.3. The summed E-state index contributed by atoms with van der Waals surface area (Å²) in [6.07, 6.45) is 1.67. The van der Waals surface area contributed by atoms with Crippen LogP contribution in [0, 0.1) is 5.41 Å². The van der Waals surface area contributed by atoms with Crippen molar-refractivity contribution < 1.29 is 14.6 Å². The molecule has 0 heterocycles. The summed E-state index contributed by atoms with van der Waals surface area (Å²) in [5.41, 5.74) is 0.601. The number of aliphatic hydroxyl groups excluding tert-OH is 1. The average Bonchev–Trinajstić information content (AvgIpc) is 2.45. The second kappa shape index (κ2) is 6.89. The van der Waals surface area contributed by atoms with Crippen molar-refractivity contribution in [1.82, 2.24) is 0 Å². The van der Waals surface area contributed by atoms with Crippen LogP contribution in [-0.4, -0.2) is 24.3 Å². The fourth-order valence-electron chi connectivity index (χ4n) is 2.65. The molecule has 0 saturated carbocycles. The molecule has 0 aromatic heterocycles. The minimum Gasteiger partial charge on any atom is -0.463 e. The Morgan fingerprint density at radius 3 is 2.30 bits per heavy atom. The molecule has 0 bridgehead atoms. The molecule has 0 spiro atoms. The van der Waals surface area contributed by atoms with E-state index in [0.29, 0.717) is 6.42 Å². The highest BCUT2D eigenvalue weighted by Gasteiger charge is 2.38. The lowest BCUT2D eigenvalue weighted by Gasteiger charge is -2.36. The second-order valence-corrected chi connectivity index (χ2v) is 6.20. The minimum absolute atomic E-state index is 0.0659. The first-order chi connectivity index (χ1) is 9.35. The lowest BCUT2D eigenvalue weighted by atomic mass is 9.69. The number of benzene rings is 1. The summed E-state index contributed by atoms with van der Waals surface area (Å²) in [5.74, 6) is -0.248. The van der Waals surface area contributed by atoms with E-state index in [-0.39, 0.29) is 24.6 Å². The number of aliphatic hydroxyl groups is 1. The number of carbonyl (C=O) groups is 1. The Labute approximate surface area is 122 Å². The first-order valence-electron chi connectivity index (χ1n) is 7.19. The van der Waals surface area contributed by atoms with Gasteiger partial charge in [-0.3, -0.25) is 4.79 Å². The number of hydrogen-bond acceptors (Lipinski definition) is 3. The van der Waals surface area contributed by atoms with Gasteiger partial charge < -0.3 is 9.84 Å². The van der Waals surface area contributed by atoms with Crippen LogP contribution in [0.3, 0.4) is 0 Å². The van der Waals surface area contributed by atoms with Gasteiger partial charge >= 0.3 is 5.97 Å². The number of esters is 1. The van der Waals surface area contributed by atoms with Gasteiger partial charge in [-0.1, -0.05) is 44.2 Å². The zero-order valence-corrected chi connectivity index (χ0v) is 13.0. The number of ether oxygens (including phenoxy) is 1. The Morgan fingerprint density at radius 1 is 1.20 bits per heavy atom. The van der Waals surface area contributed by atoms with Crippen LogP contribution in [0.15, 0.2) is 30.3 Å². The van der Waals surface area contributed by atoms with Crippen LogP contribution >= 0.6 is 0 Å². The predicted octanol–water partition coefficient (Wildman–Crippen LogP) is 3.31. The number of hydrogen-bond donors (Lipinski definition) is 1. The zero-order chi connectivity index (χ0) is 15.2. The summed E-state index contributed by atoms with van der Waals surface area (Å²) in [6.45, 7) is 8.07. The molecule has 0 radical (unpaired) electrons. The Morgan fingerprint density at radius 2 is 1.80 bits per heavy atom. The van der Waals surface area contributed by atoms with Crippen molar-refractivity contribution in [1.29, 1.82) is 0 Å². The van der Waals surface area contributed by atoms with Gasteiger partial charge in [-0.2, -0.15) is 0 Å². The maximum Gasteiger partial charge on any atom is 0.311 e. The molecule has 1 N–H and O–H groups in total. The fourth-order valence-corrected chi connectivity index (χ4v) is 2.65. The van der Waals surface area contributed by atoms with Crippen molar-refractivity contribution in [2.45, 2.75) is 46.0 Å². The highest BCUT2D eigenvalue weighted by atomic mass is 16.5. The molecule has 1 rings (SSSR count). The third kappa shape index (κ3) is 4.07. The van der Waals surface area contributed by atoms with Crippen LogP contribution in [0.1, 0.15) is 46.1 Å². The van der Waals surface area contributed by atoms with E-state index in [2.05, 4.69) is 26.0 Å². The first kappa shape index (κ1) is 16.7. The van der Waals surface area contributed by atoms with Crippen LogP contribution < -0.4 is 0 Å². The van der Waals surface area contributed by atoms with Gasteiger partial charge in [0.15, 0.2) is 0 Å². The smallest absolute Gasteiger partial charge is 0.311 e. The lowest BCUT2D eigenvalue weighted by Crippen LogP contribution is -2.36. The Balaban J connectivity index is 2.89. The summed E-state index contributed by atoms with van der Waals surface area (Å²) in [5, 5.41) is 8.76. The monoisotopic (exact) mass is 278 g/mol. The van der Waals surface area contributed by atoms with Gasteiger partial charge in [-0.15, -0.1) is 0 Å². The van der Waals surface area contributed by atoms with Gasteiger partial charge in [-0.05, 0) is 37.7 Å². The molecule has 1 aromatic carbocycles. The molecule has 1 aromatic rings. The van der Waals surface area contributed by atoms with Crippen molar-refractivity contribution in [3.63, 3.8) is 0 Å². The molecule has 0 fully saturated rings. The maximum absolute atomic E-state index is 12.1. The van der Waals surface area contributed by atoms with E-state index < -0.39 is 5.41 Å². The molecular formula is C17H26O3. The molecule has 0 amide bonds. The molecule has 3 heteroatoms. The van der Waals surface area contributed by atoms with Crippen LogP contribution in [0.2, 0.25) is 0 Å². The van der Waals surface area contributed by atoms with E-state index in [1.807, 2.05) is 32.0 Å². The van der Waals surface area contributed by atoms with Gasteiger partial charge in [0.25, 0.3) is 0 Å². The molecule has 0 aliphatic rings. The van der Waals surface area contributed by atoms with Gasteiger partial charge in [-0.25, -0.2) is 0 Å². The standard InChI is InChI=1S/C17H26O3/c1-5-17(4,14-9-7-6-8-10-14)13-16(2,3)15(19)20-12-11-18/h6-10,18H,5,11-13H2,1-4H3. The van der Waals surface area contributed by atoms with Crippen molar-refractivity contribution in [3.8, 4) is 0 Å². The highest BCUT2D eigenvalue weighted by molar-refractivity contribution is 5.76. The molecule has 0 aliphatic carbocycles. The van der Waals surface area contributed by atoms with E-state index >= 15 is 0 Å². The predicted molar refractivity (Wildman–Crippen MR) is 80.5 cm³/mol. The molecule has 1 atom stereocenters. The Bertz CT molecular complexity index is 425. The van der Waals surface area contributed by atoms with Gasteiger partial charge in [0.1, 0.15) is 6.61 Å². The second-order valence-electron chi connectivity index (χ2n) is 6.20. The SMILES string of the molecule is CCC(C)(CC(C)(C)C(=O)OCCO)c1ccccc1. The molecule has 1 unspecified atom stereocenters. The molecular weight excluding hydrogens is 252 g/mol. The Hall–Kier alpha value is -1.35. The van der Waals surface area contributed by atoms with Crippen LogP contribution in [0.4, 0.5) is 0 Å². The van der Waals surface area contributed by atoms with E-state index in [0.717, 1.165) is 6.42 Å². The number of carbonyl (C=O) groups excluding carboxylic acids is 1. The minimum atomic E-state index is -0.574. The maximum atomic E-state index is 12.1. The quantitative estimate of drug-likeness (QED) is 0.778. The molecule has 20 heavy (non-hydrogen) atoms. The largest absolute Gasteiger partial charge is 0.463 e. The molecule has 0 saturated heterocycles. The zero-order valence-electron chi connectivity index (χ0n) is 13.0. The van der Waals surface area contributed by atoms with Crippen LogP contribution in [-0.2, 0) is 14.9 Å². The van der Waals surface area contributed by atoms with Crippen LogP contribution in [0.25, 0.3) is 0 Å². The summed E-state index contributed by atoms with van der Waals surface area (Å²) >= 11 is 0. The van der Waals surface area contributed by atoms with Crippen molar-refractivity contribution >= 4 is 5.97 Å². The lowest BCUT2D eigenvalue weighted by molar-refractivity contribution is -0.156. The molecule has 0 aliphatic heterocycles. The third-order valence-corrected chi connectivity index (χ3v) is 3.96. The Kier molecular flexibility index (Phi) is 5.75. The van der Waals surface area contributed by atoms with Gasteiger partial charge in [0.2, 0.25) is 0 Å². The van der Waals surface area contributed by atoms with Crippen molar-refractivity contribution in [3.05, 3.63) is 35.9 Å².